The van der Waals surface area contributed by atoms with Gasteiger partial charge in [0.1, 0.15) is 11.8 Å². The number of hydrogen-bond acceptors (Lipinski definition) is 5. The first-order valence-electron chi connectivity index (χ1n) is 8.43. The Kier molecular flexibility index (Phi) is 11.5. The van der Waals surface area contributed by atoms with E-state index in [2.05, 4.69) is 17.0 Å². The number of amides is 1. The summed E-state index contributed by atoms with van der Waals surface area (Å²) in [5, 5.41) is 11.2. The highest BCUT2D eigenvalue weighted by Crippen LogP contribution is 2.10. The minimum atomic E-state index is -1.06. The second-order valence-corrected chi connectivity index (χ2v) is 5.97. The quantitative estimate of drug-likeness (QED) is 0.391. The summed E-state index contributed by atoms with van der Waals surface area (Å²) in [6, 6.07) is -1.01. The molecule has 0 rings (SSSR count). The second kappa shape index (κ2) is 12.5. The van der Waals surface area contributed by atoms with E-state index in [4.69, 9.17) is 5.11 Å². The van der Waals surface area contributed by atoms with Gasteiger partial charge in [0.25, 0.3) is 0 Å². The highest BCUT2D eigenvalue weighted by Gasteiger charge is 2.25. The number of carbonyl (C=O) groups excluding carboxylic acids is 3. The first-order chi connectivity index (χ1) is 11.3. The first kappa shape index (κ1) is 22.1. The summed E-state index contributed by atoms with van der Waals surface area (Å²) in [5.74, 6) is -2.75. The third-order valence-corrected chi connectivity index (χ3v) is 3.74. The molecule has 7 heteroatoms. The molecule has 0 unspecified atom stereocenters. The number of ketones is 1. The molecule has 0 saturated heterocycles. The monoisotopic (exact) mass is 343 g/mol. The zero-order valence-electron chi connectivity index (χ0n) is 14.8. The van der Waals surface area contributed by atoms with Crippen LogP contribution in [0.4, 0.5) is 0 Å². The Morgan fingerprint density at radius 3 is 2.29 bits per heavy atom. The van der Waals surface area contributed by atoms with Crippen LogP contribution < -0.4 is 5.32 Å². The van der Waals surface area contributed by atoms with Gasteiger partial charge in [-0.05, 0) is 12.8 Å². The lowest BCUT2D eigenvalue weighted by atomic mass is 9.99. The van der Waals surface area contributed by atoms with Gasteiger partial charge in [-0.1, -0.05) is 33.1 Å². The van der Waals surface area contributed by atoms with Crippen molar-refractivity contribution in [3.05, 3.63) is 0 Å². The molecule has 0 aromatic heterocycles. The molecule has 1 amide bonds. The fourth-order valence-corrected chi connectivity index (χ4v) is 2.26. The molecule has 0 radical (unpaired) electrons. The summed E-state index contributed by atoms with van der Waals surface area (Å²) in [4.78, 5) is 46.2. The van der Waals surface area contributed by atoms with Crippen LogP contribution in [0.2, 0.25) is 0 Å². The summed E-state index contributed by atoms with van der Waals surface area (Å²) >= 11 is 0. The molecule has 138 valence electrons. The number of carbonyl (C=O) groups is 4. The SMILES string of the molecule is CCCCCCC(=O)C[C@@H](C)C(=O)N[C@H](CCC(=O)O)C(=O)OC. The fraction of sp³-hybridized carbons (Fsp3) is 0.765. The molecule has 24 heavy (non-hydrogen) atoms. The molecule has 0 heterocycles. The smallest absolute Gasteiger partial charge is 0.328 e. The molecule has 0 saturated carbocycles. The van der Waals surface area contributed by atoms with Crippen LogP contribution in [0, 0.1) is 5.92 Å². The maximum atomic E-state index is 12.1. The average molecular weight is 343 g/mol. The Hall–Kier alpha value is -1.92. The molecule has 0 aromatic rings. The summed E-state index contributed by atoms with van der Waals surface area (Å²) in [6.45, 7) is 3.71. The van der Waals surface area contributed by atoms with Crippen LogP contribution in [0.15, 0.2) is 0 Å². The summed E-state index contributed by atoms with van der Waals surface area (Å²) < 4.78 is 4.57. The maximum Gasteiger partial charge on any atom is 0.328 e. The number of hydrogen-bond donors (Lipinski definition) is 2. The Morgan fingerprint density at radius 2 is 1.75 bits per heavy atom. The predicted octanol–water partition coefficient (Wildman–Crippen LogP) is 2.07. The topological polar surface area (TPSA) is 110 Å². The van der Waals surface area contributed by atoms with E-state index in [0.717, 1.165) is 25.7 Å². The standard InChI is InChI=1S/C17H29NO6/c1-4-5-6-7-8-13(19)11-12(2)16(22)18-14(17(23)24-3)9-10-15(20)21/h12,14H,4-11H2,1-3H3,(H,18,22)(H,20,21)/t12-,14-/m1/s1. The van der Waals surface area contributed by atoms with Crippen molar-refractivity contribution in [3.63, 3.8) is 0 Å². The van der Waals surface area contributed by atoms with Crippen molar-refractivity contribution in [3.8, 4) is 0 Å². The molecular weight excluding hydrogens is 314 g/mol. The number of nitrogens with one attached hydrogen (secondary N) is 1. The number of unbranched alkanes of at least 4 members (excludes halogenated alkanes) is 3. The molecule has 0 aliphatic heterocycles. The van der Waals surface area contributed by atoms with Gasteiger partial charge in [0.2, 0.25) is 5.91 Å². The maximum absolute atomic E-state index is 12.1. The number of Topliss-reactive ketones (excluding diaryl/α,β-unsaturated/α-hetero) is 1. The second-order valence-electron chi connectivity index (χ2n) is 5.97. The Bertz CT molecular complexity index is 435. The van der Waals surface area contributed by atoms with Gasteiger partial charge in [0, 0.05) is 25.2 Å². The number of rotatable bonds is 13. The molecule has 0 aliphatic carbocycles. The lowest BCUT2D eigenvalue weighted by Gasteiger charge is -2.18. The average Bonchev–Trinajstić information content (AvgIpc) is 2.54. The molecule has 2 atom stereocenters. The number of methoxy groups -OCH3 is 1. The van der Waals surface area contributed by atoms with Crippen LogP contribution in [0.5, 0.6) is 0 Å². The van der Waals surface area contributed by atoms with Gasteiger partial charge in [-0.2, -0.15) is 0 Å². The van der Waals surface area contributed by atoms with Crippen LogP contribution in [0.3, 0.4) is 0 Å². The van der Waals surface area contributed by atoms with E-state index >= 15 is 0 Å². The molecule has 0 fully saturated rings. The van der Waals surface area contributed by atoms with Crippen molar-refractivity contribution in [2.75, 3.05) is 7.11 Å². The van der Waals surface area contributed by atoms with Crippen LogP contribution >= 0.6 is 0 Å². The van der Waals surface area contributed by atoms with Gasteiger partial charge in [0.15, 0.2) is 0 Å². The van der Waals surface area contributed by atoms with E-state index in [1.54, 1.807) is 6.92 Å². The molecule has 0 spiro atoms. The van der Waals surface area contributed by atoms with Crippen molar-refractivity contribution >= 4 is 23.6 Å². The number of aliphatic carboxylic acids is 1. The third-order valence-electron chi connectivity index (χ3n) is 3.74. The Labute approximate surface area is 143 Å². The van der Waals surface area contributed by atoms with E-state index in [0.29, 0.717) is 6.42 Å². The highest BCUT2D eigenvalue weighted by molar-refractivity contribution is 5.89. The van der Waals surface area contributed by atoms with E-state index in [1.807, 2.05) is 0 Å². The van der Waals surface area contributed by atoms with Crippen molar-refractivity contribution in [1.82, 2.24) is 5.32 Å². The van der Waals surface area contributed by atoms with Gasteiger partial charge < -0.3 is 15.2 Å². The largest absolute Gasteiger partial charge is 0.481 e. The number of esters is 1. The van der Waals surface area contributed by atoms with Gasteiger partial charge >= 0.3 is 11.9 Å². The molecule has 0 aromatic carbocycles. The van der Waals surface area contributed by atoms with Crippen molar-refractivity contribution in [2.45, 2.75) is 71.3 Å². The van der Waals surface area contributed by atoms with Gasteiger partial charge in [-0.15, -0.1) is 0 Å². The summed E-state index contributed by atoms with van der Waals surface area (Å²) in [7, 11) is 1.17. The Morgan fingerprint density at radius 1 is 1.08 bits per heavy atom. The third kappa shape index (κ3) is 9.97. The number of ether oxygens (including phenoxy) is 1. The van der Waals surface area contributed by atoms with Gasteiger partial charge in [-0.3, -0.25) is 14.4 Å². The molecule has 0 aliphatic rings. The van der Waals surface area contributed by atoms with Crippen LogP contribution in [-0.4, -0.2) is 41.9 Å². The van der Waals surface area contributed by atoms with Crippen LogP contribution in [0.25, 0.3) is 0 Å². The molecule has 2 N–H and O–H groups in total. The zero-order valence-corrected chi connectivity index (χ0v) is 14.8. The normalized spacial score (nSPS) is 13.0. The van der Waals surface area contributed by atoms with Gasteiger partial charge in [0.05, 0.1) is 7.11 Å². The lowest BCUT2D eigenvalue weighted by molar-refractivity contribution is -0.146. The van der Waals surface area contributed by atoms with Crippen molar-refractivity contribution < 1.29 is 29.0 Å². The number of carboxylic acid groups (broad SMARTS) is 1. The van der Waals surface area contributed by atoms with Crippen LogP contribution in [-0.2, 0) is 23.9 Å². The number of carboxylic acids is 1. The molecule has 0 bridgehead atoms. The van der Waals surface area contributed by atoms with Crippen molar-refractivity contribution in [2.24, 2.45) is 5.92 Å². The highest BCUT2D eigenvalue weighted by atomic mass is 16.5. The van der Waals surface area contributed by atoms with Crippen molar-refractivity contribution in [1.29, 1.82) is 0 Å². The Balaban J connectivity index is 4.38. The predicted molar refractivity (Wildman–Crippen MR) is 88.4 cm³/mol. The minimum absolute atomic E-state index is 0.0221. The first-order valence-corrected chi connectivity index (χ1v) is 8.43. The lowest BCUT2D eigenvalue weighted by Crippen LogP contribution is -2.44. The minimum Gasteiger partial charge on any atom is -0.481 e. The molecule has 7 nitrogen and oxygen atoms in total. The van der Waals surface area contributed by atoms with E-state index in [-0.39, 0.29) is 25.0 Å². The summed E-state index contributed by atoms with van der Waals surface area (Å²) in [6.07, 6.45) is 4.27. The van der Waals surface area contributed by atoms with E-state index in [9.17, 15) is 19.2 Å². The molecular formula is C17H29NO6. The van der Waals surface area contributed by atoms with Crippen LogP contribution in [0.1, 0.15) is 65.2 Å². The van der Waals surface area contributed by atoms with E-state index in [1.165, 1.54) is 7.11 Å². The summed E-state index contributed by atoms with van der Waals surface area (Å²) in [5.41, 5.74) is 0. The van der Waals surface area contributed by atoms with E-state index < -0.39 is 29.8 Å². The zero-order chi connectivity index (χ0) is 18.5. The fourth-order valence-electron chi connectivity index (χ4n) is 2.26. The van der Waals surface area contributed by atoms with Gasteiger partial charge in [-0.25, -0.2) is 4.79 Å².